The zero-order valence-electron chi connectivity index (χ0n) is 18.2. The molecule has 0 aromatic carbocycles. The molecule has 4 rings (SSSR count). The van der Waals surface area contributed by atoms with E-state index in [0.717, 1.165) is 44.3 Å². The van der Waals surface area contributed by atoms with Crippen LogP contribution in [-0.2, 0) is 4.74 Å². The minimum Gasteiger partial charge on any atom is -0.462 e. The van der Waals surface area contributed by atoms with Gasteiger partial charge in [-0.25, -0.2) is 9.78 Å². The van der Waals surface area contributed by atoms with Crippen molar-refractivity contribution in [2.75, 3.05) is 6.61 Å². The number of hydrogen-bond acceptors (Lipinski definition) is 6. The molecule has 0 amide bonds. The Morgan fingerprint density at radius 3 is 2.28 bits per heavy atom. The first-order valence-electron chi connectivity index (χ1n) is 10.3. The molecule has 6 heteroatoms. The number of esters is 1. The van der Waals surface area contributed by atoms with E-state index in [1.54, 1.807) is 25.4 Å². The molecule has 0 atom stereocenters. The first-order valence-corrected chi connectivity index (χ1v) is 11.2. The number of hydrogen-bond donors (Lipinski definition) is 0. The molecule has 32 heavy (non-hydrogen) atoms. The van der Waals surface area contributed by atoms with Crippen LogP contribution in [0.3, 0.4) is 0 Å². The topological polar surface area (TPSA) is 65.0 Å². The van der Waals surface area contributed by atoms with Gasteiger partial charge in [0.25, 0.3) is 0 Å². The quantitative estimate of drug-likeness (QED) is 0.332. The Hall–Kier alpha value is -3.64. The third-order valence-corrected chi connectivity index (χ3v) is 5.77. The van der Waals surface area contributed by atoms with Gasteiger partial charge in [-0.15, -0.1) is 11.3 Å². The minimum absolute atomic E-state index is 0.284. The summed E-state index contributed by atoms with van der Waals surface area (Å²) in [5, 5.41) is 0. The first kappa shape index (κ1) is 21.6. The third-order valence-electron chi connectivity index (χ3n) is 4.74. The molecule has 0 saturated heterocycles. The van der Waals surface area contributed by atoms with Crippen LogP contribution in [-0.4, -0.2) is 27.5 Å². The zero-order chi connectivity index (χ0) is 22.5. The number of carbonyl (C=O) groups excluding carboxylic acids is 1. The molecule has 0 aliphatic rings. The van der Waals surface area contributed by atoms with Crippen molar-refractivity contribution in [3.05, 3.63) is 87.4 Å². The Labute approximate surface area is 191 Å². The summed E-state index contributed by atoms with van der Waals surface area (Å²) in [5.41, 5.74) is 6.52. The lowest BCUT2D eigenvalue weighted by molar-refractivity contribution is 0.0532. The van der Waals surface area contributed by atoms with E-state index in [9.17, 15) is 4.79 Å². The largest absolute Gasteiger partial charge is 0.462 e. The van der Waals surface area contributed by atoms with Crippen molar-refractivity contribution in [1.29, 1.82) is 0 Å². The summed E-state index contributed by atoms with van der Waals surface area (Å²) in [4.78, 5) is 27.2. The molecule has 5 nitrogen and oxygen atoms in total. The highest BCUT2D eigenvalue weighted by molar-refractivity contribution is 7.14. The Kier molecular flexibility index (Phi) is 6.52. The molecule has 4 heterocycles. The van der Waals surface area contributed by atoms with Crippen LogP contribution in [0, 0.1) is 13.8 Å². The number of ether oxygens (including phenoxy) is 1. The summed E-state index contributed by atoms with van der Waals surface area (Å²) in [6, 6.07) is 15.7. The van der Waals surface area contributed by atoms with Gasteiger partial charge in [-0.3, -0.25) is 9.97 Å². The monoisotopic (exact) mass is 441 g/mol. The van der Waals surface area contributed by atoms with E-state index < -0.39 is 0 Å². The fourth-order valence-corrected chi connectivity index (χ4v) is 4.03. The maximum absolute atomic E-state index is 11.9. The second-order valence-corrected chi connectivity index (χ2v) is 8.48. The summed E-state index contributed by atoms with van der Waals surface area (Å²) in [6.45, 7) is 6.27. The van der Waals surface area contributed by atoms with Gasteiger partial charge in [-0.2, -0.15) is 0 Å². The third kappa shape index (κ3) is 5.15. The number of aryl methyl sites for hydroxylation is 2. The Morgan fingerprint density at radius 2 is 1.56 bits per heavy atom. The van der Waals surface area contributed by atoms with Crippen LogP contribution >= 0.6 is 11.3 Å². The van der Waals surface area contributed by atoms with E-state index in [1.165, 1.54) is 11.3 Å². The predicted octanol–water partition coefficient (Wildman–Crippen LogP) is 6.23. The van der Waals surface area contributed by atoms with E-state index in [1.807, 2.05) is 68.5 Å². The van der Waals surface area contributed by atoms with Gasteiger partial charge in [0.15, 0.2) is 0 Å². The fourth-order valence-electron chi connectivity index (χ4n) is 3.23. The van der Waals surface area contributed by atoms with Crippen molar-refractivity contribution < 1.29 is 9.53 Å². The lowest BCUT2D eigenvalue weighted by atomic mass is 10.1. The normalized spacial score (nSPS) is 11.1. The number of pyridine rings is 3. The van der Waals surface area contributed by atoms with E-state index in [0.29, 0.717) is 11.5 Å². The lowest BCUT2D eigenvalue weighted by Gasteiger charge is -2.07. The number of thiophene rings is 1. The van der Waals surface area contributed by atoms with Crippen molar-refractivity contribution in [1.82, 2.24) is 15.0 Å². The molecule has 0 spiro atoms. The fraction of sp³-hybridized carbons (Fsp3) is 0.154. The van der Waals surface area contributed by atoms with Crippen molar-refractivity contribution >= 4 is 29.5 Å². The summed E-state index contributed by atoms with van der Waals surface area (Å²) in [6.07, 6.45) is 7.57. The molecular formula is C26H23N3O2S. The van der Waals surface area contributed by atoms with Gasteiger partial charge in [0.05, 0.1) is 29.4 Å². The van der Waals surface area contributed by atoms with Gasteiger partial charge in [0.2, 0.25) is 0 Å². The highest BCUT2D eigenvalue weighted by Gasteiger charge is 2.10. The van der Waals surface area contributed by atoms with Crippen LogP contribution < -0.4 is 0 Å². The van der Waals surface area contributed by atoms with Gasteiger partial charge in [-0.1, -0.05) is 6.08 Å². The van der Waals surface area contributed by atoms with Crippen LogP contribution in [0.15, 0.2) is 60.9 Å². The molecule has 4 aromatic rings. The average Bonchev–Trinajstić information content (AvgIpc) is 3.27. The molecule has 0 unspecified atom stereocenters. The molecular weight excluding hydrogens is 418 g/mol. The highest BCUT2D eigenvalue weighted by Crippen LogP contribution is 2.25. The molecule has 160 valence electrons. The van der Waals surface area contributed by atoms with Crippen molar-refractivity contribution in [2.24, 2.45) is 0 Å². The minimum atomic E-state index is -0.284. The maximum Gasteiger partial charge on any atom is 0.348 e. The van der Waals surface area contributed by atoms with Gasteiger partial charge < -0.3 is 4.74 Å². The predicted molar refractivity (Wildman–Crippen MR) is 129 cm³/mol. The van der Waals surface area contributed by atoms with E-state index in [-0.39, 0.29) is 5.97 Å². The standard InChI is InChI=1S/C26H23N3O2S/c1-4-31-26(30)25-8-7-20(32-25)6-5-19-10-12-28-22(16-19)24-15-18(3)14-23(29-24)21-13-17(2)9-11-27-21/h5-16H,4H2,1-3H3/b6-5+. The molecule has 0 saturated carbocycles. The van der Waals surface area contributed by atoms with Crippen molar-refractivity contribution in [3.63, 3.8) is 0 Å². The van der Waals surface area contributed by atoms with Gasteiger partial charge in [0.1, 0.15) is 4.88 Å². The SMILES string of the molecule is CCOC(=O)c1ccc(/C=C/c2ccnc(-c3cc(C)cc(-c4cc(C)ccn4)n3)c2)s1. The summed E-state index contributed by atoms with van der Waals surface area (Å²) >= 11 is 1.41. The number of nitrogens with zero attached hydrogens (tertiary/aromatic N) is 3. The smallest absolute Gasteiger partial charge is 0.348 e. The van der Waals surface area contributed by atoms with Crippen LogP contribution in [0.5, 0.6) is 0 Å². The number of rotatable bonds is 6. The van der Waals surface area contributed by atoms with Crippen LogP contribution in [0.25, 0.3) is 34.9 Å². The molecule has 0 aliphatic carbocycles. The Balaban J connectivity index is 1.60. The zero-order valence-corrected chi connectivity index (χ0v) is 19.0. The highest BCUT2D eigenvalue weighted by atomic mass is 32.1. The summed E-state index contributed by atoms with van der Waals surface area (Å²) in [5.74, 6) is -0.284. The summed E-state index contributed by atoms with van der Waals surface area (Å²) in [7, 11) is 0. The molecule has 0 fully saturated rings. The second-order valence-electron chi connectivity index (χ2n) is 7.36. The molecule has 0 aliphatic heterocycles. The lowest BCUT2D eigenvalue weighted by Crippen LogP contribution is -2.01. The van der Waals surface area contributed by atoms with Gasteiger partial charge in [0, 0.05) is 17.3 Å². The van der Waals surface area contributed by atoms with Crippen LogP contribution in [0.2, 0.25) is 0 Å². The summed E-state index contributed by atoms with van der Waals surface area (Å²) < 4.78 is 5.05. The first-order chi connectivity index (χ1) is 15.5. The molecule has 0 bridgehead atoms. The van der Waals surface area contributed by atoms with Crippen molar-refractivity contribution in [2.45, 2.75) is 20.8 Å². The average molecular weight is 442 g/mol. The number of aromatic nitrogens is 3. The van der Waals surface area contributed by atoms with Crippen LogP contribution in [0.1, 0.15) is 38.2 Å². The number of carbonyl (C=O) groups is 1. The van der Waals surface area contributed by atoms with E-state index in [2.05, 4.69) is 9.97 Å². The van der Waals surface area contributed by atoms with Gasteiger partial charge >= 0.3 is 5.97 Å². The maximum atomic E-state index is 11.9. The van der Waals surface area contributed by atoms with Crippen molar-refractivity contribution in [3.8, 4) is 22.8 Å². The molecule has 4 aromatic heterocycles. The molecule has 0 radical (unpaired) electrons. The van der Waals surface area contributed by atoms with Crippen LogP contribution in [0.4, 0.5) is 0 Å². The Bertz CT molecular complexity index is 1290. The van der Waals surface area contributed by atoms with E-state index >= 15 is 0 Å². The second kappa shape index (κ2) is 9.66. The van der Waals surface area contributed by atoms with Gasteiger partial charge in [-0.05, 0) is 92.1 Å². The Morgan fingerprint density at radius 1 is 0.875 bits per heavy atom. The molecule has 0 N–H and O–H groups in total. The van der Waals surface area contributed by atoms with E-state index in [4.69, 9.17) is 9.72 Å².